The largest absolute Gasteiger partial charge is 0.350 e. The van der Waals surface area contributed by atoms with Gasteiger partial charge in [0.25, 0.3) is 5.91 Å². The van der Waals surface area contributed by atoms with Gasteiger partial charge in [0, 0.05) is 30.0 Å². The molecule has 0 saturated carbocycles. The van der Waals surface area contributed by atoms with Gasteiger partial charge >= 0.3 is 0 Å². The molecule has 20 heavy (non-hydrogen) atoms. The lowest BCUT2D eigenvalue weighted by molar-refractivity contribution is 0.0785. The van der Waals surface area contributed by atoms with Gasteiger partial charge in [-0.3, -0.25) is 4.79 Å². The lowest BCUT2D eigenvalue weighted by atomic mass is 10.0. The highest BCUT2D eigenvalue weighted by Crippen LogP contribution is 2.28. The van der Waals surface area contributed by atoms with Crippen molar-refractivity contribution in [3.8, 4) is 0 Å². The van der Waals surface area contributed by atoms with E-state index in [1.54, 1.807) is 0 Å². The van der Waals surface area contributed by atoms with E-state index in [2.05, 4.69) is 31.0 Å². The van der Waals surface area contributed by atoms with Crippen molar-refractivity contribution in [2.45, 2.75) is 33.2 Å². The Bertz CT molecular complexity index is 687. The molecule has 0 radical (unpaired) electrons. The summed E-state index contributed by atoms with van der Waals surface area (Å²) in [7, 11) is 0. The van der Waals surface area contributed by atoms with Crippen LogP contribution in [0.4, 0.5) is 0 Å². The van der Waals surface area contributed by atoms with Crippen LogP contribution >= 0.6 is 0 Å². The molecule has 1 amide bonds. The second-order valence-electron chi connectivity index (χ2n) is 5.87. The van der Waals surface area contributed by atoms with Crippen LogP contribution in [0.1, 0.15) is 33.6 Å². The fourth-order valence-corrected chi connectivity index (χ4v) is 3.14. The number of amides is 1. The van der Waals surface area contributed by atoms with Gasteiger partial charge in [0.2, 0.25) is 0 Å². The highest BCUT2D eigenvalue weighted by atomic mass is 16.2. The maximum atomic E-state index is 12.6. The number of aromatic nitrogens is 1. The molecule has 1 atom stereocenters. The first-order chi connectivity index (χ1) is 9.49. The normalized spacial score (nSPS) is 19.0. The van der Waals surface area contributed by atoms with Crippen LogP contribution in [-0.2, 0) is 0 Å². The smallest absolute Gasteiger partial charge is 0.270 e. The first-order valence-electron chi connectivity index (χ1n) is 7.12. The summed E-state index contributed by atoms with van der Waals surface area (Å²) in [6.45, 7) is 7.59. The summed E-state index contributed by atoms with van der Waals surface area (Å²) in [5, 5.41) is 1.18. The molecule has 1 fully saturated rings. The van der Waals surface area contributed by atoms with Gasteiger partial charge in [-0.1, -0.05) is 12.1 Å². The molecule has 1 saturated heterocycles. The zero-order chi connectivity index (χ0) is 14.4. The molecule has 1 unspecified atom stereocenters. The van der Waals surface area contributed by atoms with Crippen molar-refractivity contribution < 1.29 is 4.79 Å². The maximum Gasteiger partial charge on any atom is 0.270 e. The van der Waals surface area contributed by atoms with Crippen molar-refractivity contribution in [2.24, 2.45) is 5.73 Å². The second kappa shape index (κ2) is 4.63. The minimum atomic E-state index is 0.0745. The summed E-state index contributed by atoms with van der Waals surface area (Å²) in [6, 6.07) is 4.32. The molecule has 3 rings (SSSR count). The van der Waals surface area contributed by atoms with Gasteiger partial charge in [0.1, 0.15) is 5.69 Å². The van der Waals surface area contributed by atoms with Gasteiger partial charge < -0.3 is 15.6 Å². The van der Waals surface area contributed by atoms with Crippen LogP contribution in [-0.4, -0.2) is 34.9 Å². The number of aryl methyl sites for hydroxylation is 3. The number of H-pyrrole nitrogens is 1. The molecule has 2 aromatic rings. The third-order valence-corrected chi connectivity index (χ3v) is 4.35. The van der Waals surface area contributed by atoms with Gasteiger partial charge in [0.15, 0.2) is 0 Å². The number of hydrogen-bond acceptors (Lipinski definition) is 2. The molecule has 0 aliphatic carbocycles. The van der Waals surface area contributed by atoms with Crippen LogP contribution < -0.4 is 5.73 Å². The number of carbonyl (C=O) groups is 1. The summed E-state index contributed by atoms with van der Waals surface area (Å²) in [4.78, 5) is 17.8. The fraction of sp³-hybridized carbons (Fsp3) is 0.438. The summed E-state index contributed by atoms with van der Waals surface area (Å²) in [5.74, 6) is 0.0745. The molecule has 3 N–H and O–H groups in total. The fourth-order valence-electron chi connectivity index (χ4n) is 3.14. The standard InChI is InChI=1S/C16H21N3O/c1-9-4-5-10(2)14-13(9)11(3)15(18-14)16(20)19-7-6-12(17)8-19/h4-5,12,18H,6-8,17H2,1-3H3. The number of likely N-dealkylation sites (tertiary alicyclic amines) is 1. The first kappa shape index (κ1) is 13.2. The number of carbonyl (C=O) groups excluding carboxylic acids is 1. The van der Waals surface area contributed by atoms with E-state index in [-0.39, 0.29) is 11.9 Å². The maximum absolute atomic E-state index is 12.6. The number of nitrogens with zero attached hydrogens (tertiary/aromatic N) is 1. The highest BCUT2D eigenvalue weighted by molar-refractivity contribution is 6.02. The van der Waals surface area contributed by atoms with Crippen LogP contribution in [0.15, 0.2) is 12.1 Å². The summed E-state index contributed by atoms with van der Waals surface area (Å²) >= 11 is 0. The van der Waals surface area contributed by atoms with Crippen LogP contribution in [0.25, 0.3) is 10.9 Å². The van der Waals surface area contributed by atoms with Crippen molar-refractivity contribution in [3.63, 3.8) is 0 Å². The topological polar surface area (TPSA) is 62.1 Å². The number of rotatable bonds is 1. The Morgan fingerprint density at radius 1 is 1.30 bits per heavy atom. The third kappa shape index (κ3) is 1.91. The van der Waals surface area contributed by atoms with Gasteiger partial charge in [-0.15, -0.1) is 0 Å². The van der Waals surface area contributed by atoms with Crippen LogP contribution in [0.2, 0.25) is 0 Å². The summed E-state index contributed by atoms with van der Waals surface area (Å²) < 4.78 is 0. The van der Waals surface area contributed by atoms with Crippen molar-refractivity contribution >= 4 is 16.8 Å². The van der Waals surface area contributed by atoms with E-state index in [9.17, 15) is 4.79 Å². The third-order valence-electron chi connectivity index (χ3n) is 4.35. The molecule has 1 aliphatic rings. The average Bonchev–Trinajstić information content (AvgIpc) is 2.98. The van der Waals surface area contributed by atoms with E-state index >= 15 is 0 Å². The van der Waals surface area contributed by atoms with Gasteiger partial charge in [-0.2, -0.15) is 0 Å². The SMILES string of the molecule is Cc1ccc(C)c2c(C)c(C(=O)N3CCC(N)C3)[nH]c12. The number of benzene rings is 1. The molecule has 106 valence electrons. The van der Waals surface area contributed by atoms with Gasteiger partial charge in [-0.05, 0) is 43.9 Å². The Morgan fingerprint density at radius 2 is 2.00 bits per heavy atom. The van der Waals surface area contributed by atoms with E-state index in [1.807, 2.05) is 11.8 Å². The van der Waals surface area contributed by atoms with Crippen molar-refractivity contribution in [1.82, 2.24) is 9.88 Å². The van der Waals surface area contributed by atoms with Crippen molar-refractivity contribution in [3.05, 3.63) is 34.5 Å². The van der Waals surface area contributed by atoms with Crippen molar-refractivity contribution in [1.29, 1.82) is 0 Å². The Kier molecular flexibility index (Phi) is 3.05. The average molecular weight is 271 g/mol. The molecule has 0 bridgehead atoms. The zero-order valence-electron chi connectivity index (χ0n) is 12.3. The minimum absolute atomic E-state index is 0.0745. The molecule has 2 heterocycles. The van der Waals surface area contributed by atoms with E-state index in [4.69, 9.17) is 5.73 Å². The molecule has 1 aromatic heterocycles. The predicted octanol–water partition coefficient (Wildman–Crippen LogP) is 2.27. The summed E-state index contributed by atoms with van der Waals surface area (Å²) in [6.07, 6.45) is 0.892. The minimum Gasteiger partial charge on any atom is -0.350 e. The second-order valence-corrected chi connectivity index (χ2v) is 5.87. The predicted molar refractivity (Wildman–Crippen MR) is 81.0 cm³/mol. The molecular weight excluding hydrogens is 250 g/mol. The zero-order valence-corrected chi connectivity index (χ0v) is 12.3. The van der Waals surface area contributed by atoms with E-state index < -0.39 is 0 Å². The van der Waals surface area contributed by atoms with Crippen LogP contribution in [0.5, 0.6) is 0 Å². The van der Waals surface area contributed by atoms with E-state index in [0.29, 0.717) is 12.2 Å². The Hall–Kier alpha value is -1.81. The van der Waals surface area contributed by atoms with Crippen LogP contribution in [0, 0.1) is 20.8 Å². The quantitative estimate of drug-likeness (QED) is 0.835. The Balaban J connectivity index is 2.08. The molecular formula is C16H21N3O. The monoisotopic (exact) mass is 271 g/mol. The van der Waals surface area contributed by atoms with Gasteiger partial charge in [-0.25, -0.2) is 0 Å². The number of fused-ring (bicyclic) bond motifs is 1. The summed E-state index contributed by atoms with van der Waals surface area (Å²) in [5.41, 5.74) is 11.1. The molecule has 1 aromatic carbocycles. The van der Waals surface area contributed by atoms with Gasteiger partial charge in [0.05, 0.1) is 0 Å². The lowest BCUT2D eigenvalue weighted by Gasteiger charge is -2.15. The highest BCUT2D eigenvalue weighted by Gasteiger charge is 2.27. The molecule has 4 heteroatoms. The van der Waals surface area contributed by atoms with Crippen molar-refractivity contribution in [2.75, 3.05) is 13.1 Å². The molecule has 0 spiro atoms. The van der Waals surface area contributed by atoms with E-state index in [1.165, 1.54) is 16.5 Å². The lowest BCUT2D eigenvalue weighted by Crippen LogP contribution is -2.32. The van der Waals surface area contributed by atoms with E-state index in [0.717, 1.165) is 24.0 Å². The Morgan fingerprint density at radius 3 is 2.60 bits per heavy atom. The van der Waals surface area contributed by atoms with Crippen LogP contribution in [0.3, 0.4) is 0 Å². The Labute approximate surface area is 118 Å². The molecule has 1 aliphatic heterocycles. The first-order valence-corrected chi connectivity index (χ1v) is 7.12. The number of hydrogen-bond donors (Lipinski definition) is 2. The number of nitrogens with two attached hydrogens (primary N) is 1. The molecule has 4 nitrogen and oxygen atoms in total. The number of aromatic amines is 1. The number of nitrogens with one attached hydrogen (secondary N) is 1.